The van der Waals surface area contributed by atoms with E-state index in [4.69, 9.17) is 9.52 Å². The highest BCUT2D eigenvalue weighted by molar-refractivity contribution is 5.07. The fraction of sp³-hybridized carbons (Fsp3) is 0.636. The molecule has 3 heteroatoms. The summed E-state index contributed by atoms with van der Waals surface area (Å²) in [6.07, 6.45) is 0.920. The average Bonchev–Trinajstić information content (AvgIpc) is 2.63. The van der Waals surface area contributed by atoms with Crippen molar-refractivity contribution in [3.05, 3.63) is 23.7 Å². The summed E-state index contributed by atoms with van der Waals surface area (Å²) in [4.78, 5) is 0. The minimum absolute atomic E-state index is 0.119. The fourth-order valence-electron chi connectivity index (χ4n) is 1.09. The van der Waals surface area contributed by atoms with E-state index in [0.29, 0.717) is 6.54 Å². The van der Waals surface area contributed by atoms with Crippen LogP contribution >= 0.6 is 0 Å². The Morgan fingerprint density at radius 3 is 2.50 bits per heavy atom. The third kappa shape index (κ3) is 3.16. The van der Waals surface area contributed by atoms with Crippen molar-refractivity contribution in [2.45, 2.75) is 39.3 Å². The van der Waals surface area contributed by atoms with Gasteiger partial charge < -0.3 is 14.8 Å². The SMILES string of the molecule is CCc1ccc(CNC(C)(C)CO)o1. The first kappa shape index (κ1) is 11.3. The zero-order valence-electron chi connectivity index (χ0n) is 9.13. The zero-order valence-corrected chi connectivity index (χ0v) is 9.13. The van der Waals surface area contributed by atoms with Crippen LogP contribution < -0.4 is 5.32 Å². The lowest BCUT2D eigenvalue weighted by Gasteiger charge is -2.22. The van der Waals surface area contributed by atoms with E-state index in [9.17, 15) is 0 Å². The van der Waals surface area contributed by atoms with Crippen LogP contribution in [-0.2, 0) is 13.0 Å². The molecular weight excluding hydrogens is 178 g/mol. The highest BCUT2D eigenvalue weighted by Gasteiger charge is 2.15. The largest absolute Gasteiger partial charge is 0.465 e. The van der Waals surface area contributed by atoms with Gasteiger partial charge in [-0.25, -0.2) is 0 Å². The molecule has 0 saturated carbocycles. The van der Waals surface area contributed by atoms with Gasteiger partial charge in [0.15, 0.2) is 0 Å². The van der Waals surface area contributed by atoms with E-state index in [2.05, 4.69) is 12.2 Å². The number of hydrogen-bond donors (Lipinski definition) is 2. The maximum absolute atomic E-state index is 9.03. The third-order valence-corrected chi connectivity index (χ3v) is 2.20. The first-order valence-electron chi connectivity index (χ1n) is 5.01. The summed E-state index contributed by atoms with van der Waals surface area (Å²) in [5.74, 6) is 1.92. The van der Waals surface area contributed by atoms with Gasteiger partial charge in [0, 0.05) is 12.0 Å². The highest BCUT2D eigenvalue weighted by Crippen LogP contribution is 2.09. The Morgan fingerprint density at radius 1 is 1.36 bits per heavy atom. The lowest BCUT2D eigenvalue weighted by atomic mass is 10.1. The molecule has 1 aromatic heterocycles. The van der Waals surface area contributed by atoms with E-state index in [1.54, 1.807) is 0 Å². The predicted octanol–water partition coefficient (Wildman–Crippen LogP) is 1.70. The molecule has 0 spiro atoms. The molecule has 0 bridgehead atoms. The van der Waals surface area contributed by atoms with Crippen LogP contribution in [0, 0.1) is 0 Å². The second-order valence-electron chi connectivity index (χ2n) is 4.12. The predicted molar refractivity (Wildman–Crippen MR) is 56.1 cm³/mol. The third-order valence-electron chi connectivity index (χ3n) is 2.20. The summed E-state index contributed by atoms with van der Waals surface area (Å²) in [5.41, 5.74) is -0.251. The summed E-state index contributed by atoms with van der Waals surface area (Å²) < 4.78 is 5.53. The van der Waals surface area contributed by atoms with E-state index in [1.165, 1.54) is 0 Å². The number of aliphatic hydroxyl groups is 1. The second-order valence-corrected chi connectivity index (χ2v) is 4.12. The van der Waals surface area contributed by atoms with Gasteiger partial charge in [-0.15, -0.1) is 0 Å². The molecule has 2 N–H and O–H groups in total. The van der Waals surface area contributed by atoms with Crippen LogP contribution in [-0.4, -0.2) is 17.3 Å². The lowest BCUT2D eigenvalue weighted by molar-refractivity contribution is 0.184. The molecule has 0 fully saturated rings. The van der Waals surface area contributed by atoms with Gasteiger partial charge in [-0.2, -0.15) is 0 Å². The Balaban J connectivity index is 2.45. The van der Waals surface area contributed by atoms with E-state index in [0.717, 1.165) is 17.9 Å². The van der Waals surface area contributed by atoms with Crippen molar-refractivity contribution in [2.24, 2.45) is 0 Å². The number of rotatable bonds is 5. The summed E-state index contributed by atoms with van der Waals surface area (Å²) in [6.45, 7) is 6.75. The number of nitrogens with one attached hydrogen (secondary N) is 1. The molecule has 1 heterocycles. The first-order valence-corrected chi connectivity index (χ1v) is 5.01. The Bertz CT molecular complexity index is 279. The molecule has 3 nitrogen and oxygen atoms in total. The van der Waals surface area contributed by atoms with E-state index in [-0.39, 0.29) is 12.1 Å². The molecule has 0 aromatic carbocycles. The van der Waals surface area contributed by atoms with Gasteiger partial charge >= 0.3 is 0 Å². The Morgan fingerprint density at radius 2 is 2.00 bits per heavy atom. The van der Waals surface area contributed by atoms with Crippen molar-refractivity contribution in [1.82, 2.24) is 5.32 Å². The summed E-state index contributed by atoms with van der Waals surface area (Å²) in [6, 6.07) is 3.96. The van der Waals surface area contributed by atoms with Gasteiger partial charge in [0.25, 0.3) is 0 Å². The van der Waals surface area contributed by atoms with Crippen LogP contribution in [0.3, 0.4) is 0 Å². The first-order chi connectivity index (χ1) is 6.57. The number of furan rings is 1. The van der Waals surface area contributed by atoms with Crippen molar-refractivity contribution in [3.8, 4) is 0 Å². The Labute approximate surface area is 85.1 Å². The minimum Gasteiger partial charge on any atom is -0.465 e. The van der Waals surface area contributed by atoms with Gasteiger partial charge in [0.2, 0.25) is 0 Å². The smallest absolute Gasteiger partial charge is 0.117 e. The van der Waals surface area contributed by atoms with Gasteiger partial charge in [0.05, 0.1) is 13.2 Å². The van der Waals surface area contributed by atoms with Crippen molar-refractivity contribution in [3.63, 3.8) is 0 Å². The van der Waals surface area contributed by atoms with Crippen molar-refractivity contribution in [2.75, 3.05) is 6.61 Å². The normalized spacial score (nSPS) is 12.0. The van der Waals surface area contributed by atoms with E-state index < -0.39 is 0 Å². The molecule has 0 aliphatic carbocycles. The maximum Gasteiger partial charge on any atom is 0.117 e. The Hall–Kier alpha value is -0.800. The molecule has 14 heavy (non-hydrogen) atoms. The summed E-state index contributed by atoms with van der Waals surface area (Å²) in [5, 5.41) is 12.2. The monoisotopic (exact) mass is 197 g/mol. The molecule has 1 aromatic rings. The van der Waals surface area contributed by atoms with E-state index >= 15 is 0 Å². The van der Waals surface area contributed by atoms with Crippen molar-refractivity contribution >= 4 is 0 Å². The number of aryl methyl sites for hydroxylation is 1. The van der Waals surface area contributed by atoms with Crippen molar-refractivity contribution < 1.29 is 9.52 Å². The number of aliphatic hydroxyl groups excluding tert-OH is 1. The number of hydrogen-bond acceptors (Lipinski definition) is 3. The lowest BCUT2D eigenvalue weighted by Crippen LogP contribution is -2.41. The quantitative estimate of drug-likeness (QED) is 0.755. The Kier molecular flexibility index (Phi) is 3.72. The highest BCUT2D eigenvalue weighted by atomic mass is 16.3. The van der Waals surface area contributed by atoms with Crippen LogP contribution in [0.25, 0.3) is 0 Å². The topological polar surface area (TPSA) is 45.4 Å². The van der Waals surface area contributed by atoms with E-state index in [1.807, 2.05) is 26.0 Å². The molecular formula is C11H19NO2. The van der Waals surface area contributed by atoms with Crippen LogP contribution in [0.1, 0.15) is 32.3 Å². The van der Waals surface area contributed by atoms with Crippen LogP contribution in [0.5, 0.6) is 0 Å². The molecule has 0 atom stereocenters. The van der Waals surface area contributed by atoms with Crippen LogP contribution in [0.4, 0.5) is 0 Å². The van der Waals surface area contributed by atoms with Gasteiger partial charge in [-0.05, 0) is 26.0 Å². The maximum atomic E-state index is 9.03. The summed E-state index contributed by atoms with van der Waals surface area (Å²) >= 11 is 0. The average molecular weight is 197 g/mol. The molecule has 0 saturated heterocycles. The molecule has 0 aliphatic rings. The van der Waals surface area contributed by atoms with Gasteiger partial charge in [0.1, 0.15) is 11.5 Å². The zero-order chi connectivity index (χ0) is 10.6. The molecule has 0 amide bonds. The molecule has 1 rings (SSSR count). The fourth-order valence-corrected chi connectivity index (χ4v) is 1.09. The van der Waals surface area contributed by atoms with Crippen LogP contribution in [0.2, 0.25) is 0 Å². The van der Waals surface area contributed by atoms with Gasteiger partial charge in [-0.3, -0.25) is 0 Å². The molecule has 0 radical (unpaired) electrons. The summed E-state index contributed by atoms with van der Waals surface area (Å²) in [7, 11) is 0. The second kappa shape index (κ2) is 4.62. The molecule has 80 valence electrons. The molecule has 0 unspecified atom stereocenters. The standard InChI is InChI=1S/C11H19NO2/c1-4-9-5-6-10(14-9)7-12-11(2,3)8-13/h5-6,12-13H,4,7-8H2,1-3H3. The molecule has 0 aliphatic heterocycles. The van der Waals surface area contributed by atoms with Crippen molar-refractivity contribution in [1.29, 1.82) is 0 Å². The van der Waals surface area contributed by atoms with Gasteiger partial charge in [-0.1, -0.05) is 6.92 Å². The van der Waals surface area contributed by atoms with Crippen LogP contribution in [0.15, 0.2) is 16.5 Å². The minimum atomic E-state index is -0.251.